The van der Waals surface area contributed by atoms with Crippen molar-refractivity contribution in [3.05, 3.63) is 65.7 Å². The maximum absolute atomic E-state index is 12.2. The molecule has 2 aromatic carbocycles. The van der Waals surface area contributed by atoms with Crippen LogP contribution in [0.2, 0.25) is 0 Å². The molecule has 29 heavy (non-hydrogen) atoms. The van der Waals surface area contributed by atoms with Crippen LogP contribution in [-0.4, -0.2) is 36.0 Å². The third-order valence-corrected chi connectivity index (χ3v) is 4.51. The second kappa shape index (κ2) is 10.8. The maximum atomic E-state index is 12.2. The van der Waals surface area contributed by atoms with Gasteiger partial charge in [-0.05, 0) is 24.1 Å². The minimum Gasteiger partial charge on any atom is -0.496 e. The standard InChI is InChI=1S/C22H26N2O5/c1-15(16-8-4-3-5-9-16)23-20(25)12-13-21(26)24-18(22(27)28)14-17-10-6-7-11-19(17)29-2/h3-11,15,18H,12-14H2,1-2H3,(H,23,25)(H,24,26)(H,27,28)/t15-,18+/m1/s1. The van der Waals surface area contributed by atoms with Crippen molar-refractivity contribution < 1.29 is 24.2 Å². The van der Waals surface area contributed by atoms with Gasteiger partial charge in [0.15, 0.2) is 0 Å². The van der Waals surface area contributed by atoms with Crippen LogP contribution in [0.5, 0.6) is 5.75 Å². The zero-order valence-electron chi connectivity index (χ0n) is 16.6. The van der Waals surface area contributed by atoms with Gasteiger partial charge in [0, 0.05) is 19.3 Å². The van der Waals surface area contributed by atoms with Gasteiger partial charge in [-0.3, -0.25) is 9.59 Å². The number of aliphatic carboxylic acids is 1. The fourth-order valence-electron chi connectivity index (χ4n) is 2.92. The molecule has 2 amide bonds. The Balaban J connectivity index is 1.85. The molecule has 0 saturated heterocycles. The van der Waals surface area contributed by atoms with E-state index in [1.165, 1.54) is 7.11 Å². The van der Waals surface area contributed by atoms with E-state index in [4.69, 9.17) is 4.74 Å². The molecule has 2 aromatic rings. The summed E-state index contributed by atoms with van der Waals surface area (Å²) in [6.07, 6.45) is -0.0324. The summed E-state index contributed by atoms with van der Waals surface area (Å²) in [4.78, 5) is 35.8. The first-order valence-electron chi connectivity index (χ1n) is 9.39. The van der Waals surface area contributed by atoms with Gasteiger partial charge in [0.1, 0.15) is 11.8 Å². The average Bonchev–Trinajstić information content (AvgIpc) is 2.72. The lowest BCUT2D eigenvalue weighted by atomic mass is 10.0. The Morgan fingerprint density at radius 3 is 2.14 bits per heavy atom. The zero-order chi connectivity index (χ0) is 21.2. The quantitative estimate of drug-likeness (QED) is 0.570. The molecule has 0 bridgehead atoms. The van der Waals surface area contributed by atoms with E-state index in [0.717, 1.165) is 5.56 Å². The first-order valence-corrected chi connectivity index (χ1v) is 9.39. The molecule has 3 N–H and O–H groups in total. The SMILES string of the molecule is COc1ccccc1C[C@H](NC(=O)CCC(=O)N[C@H](C)c1ccccc1)C(=O)O. The first kappa shape index (κ1) is 21.9. The number of methoxy groups -OCH3 is 1. The Hall–Kier alpha value is -3.35. The first-order chi connectivity index (χ1) is 13.9. The van der Waals surface area contributed by atoms with Gasteiger partial charge >= 0.3 is 5.97 Å². The van der Waals surface area contributed by atoms with E-state index in [-0.39, 0.29) is 31.2 Å². The fourth-order valence-corrected chi connectivity index (χ4v) is 2.92. The van der Waals surface area contributed by atoms with Crippen molar-refractivity contribution in [3.8, 4) is 5.75 Å². The number of carbonyl (C=O) groups excluding carboxylic acids is 2. The predicted octanol–water partition coefficient (Wildman–Crippen LogP) is 2.46. The van der Waals surface area contributed by atoms with Crippen molar-refractivity contribution in [1.82, 2.24) is 10.6 Å². The van der Waals surface area contributed by atoms with Crippen LogP contribution >= 0.6 is 0 Å². The van der Waals surface area contributed by atoms with Crippen LogP contribution < -0.4 is 15.4 Å². The molecule has 0 spiro atoms. The van der Waals surface area contributed by atoms with Crippen LogP contribution in [-0.2, 0) is 20.8 Å². The monoisotopic (exact) mass is 398 g/mol. The predicted molar refractivity (Wildman–Crippen MR) is 108 cm³/mol. The molecule has 0 radical (unpaired) electrons. The number of benzene rings is 2. The Morgan fingerprint density at radius 2 is 1.52 bits per heavy atom. The lowest BCUT2D eigenvalue weighted by molar-refractivity contribution is -0.141. The van der Waals surface area contributed by atoms with Crippen LogP contribution in [0.25, 0.3) is 0 Å². The summed E-state index contributed by atoms with van der Waals surface area (Å²) in [7, 11) is 1.50. The van der Waals surface area contributed by atoms with Gasteiger partial charge in [-0.1, -0.05) is 48.5 Å². The smallest absolute Gasteiger partial charge is 0.326 e. The van der Waals surface area contributed by atoms with E-state index in [1.807, 2.05) is 37.3 Å². The maximum Gasteiger partial charge on any atom is 0.326 e. The van der Waals surface area contributed by atoms with Crippen molar-refractivity contribution in [2.45, 2.75) is 38.3 Å². The molecule has 0 aliphatic carbocycles. The Labute approximate surface area is 170 Å². The molecule has 0 aliphatic rings. The van der Waals surface area contributed by atoms with Gasteiger partial charge in [0.25, 0.3) is 0 Å². The fraction of sp³-hybridized carbons (Fsp3) is 0.318. The van der Waals surface area contributed by atoms with Gasteiger partial charge < -0.3 is 20.5 Å². The summed E-state index contributed by atoms with van der Waals surface area (Å²) in [5.74, 6) is -1.35. The van der Waals surface area contributed by atoms with Gasteiger partial charge in [-0.2, -0.15) is 0 Å². The number of amides is 2. The highest BCUT2D eigenvalue weighted by Gasteiger charge is 2.22. The van der Waals surface area contributed by atoms with E-state index in [1.54, 1.807) is 24.3 Å². The number of para-hydroxylation sites is 1. The van der Waals surface area contributed by atoms with Gasteiger partial charge in [-0.25, -0.2) is 4.79 Å². The van der Waals surface area contributed by atoms with E-state index in [2.05, 4.69) is 10.6 Å². The highest BCUT2D eigenvalue weighted by atomic mass is 16.5. The molecule has 7 nitrogen and oxygen atoms in total. The number of ether oxygens (including phenoxy) is 1. The van der Waals surface area contributed by atoms with Crippen molar-refractivity contribution in [1.29, 1.82) is 0 Å². The Bertz CT molecular complexity index is 838. The minimum absolute atomic E-state index is 0.0238. The molecule has 154 valence electrons. The minimum atomic E-state index is -1.15. The van der Waals surface area contributed by atoms with Crippen molar-refractivity contribution in [3.63, 3.8) is 0 Å². The molecule has 0 saturated carbocycles. The second-order valence-corrected chi connectivity index (χ2v) is 6.67. The Morgan fingerprint density at radius 1 is 0.931 bits per heavy atom. The van der Waals surface area contributed by atoms with Crippen molar-refractivity contribution in [2.75, 3.05) is 7.11 Å². The van der Waals surface area contributed by atoms with Gasteiger partial charge in [-0.15, -0.1) is 0 Å². The molecule has 2 rings (SSSR count). The van der Waals surface area contributed by atoms with Crippen molar-refractivity contribution in [2.24, 2.45) is 0 Å². The van der Waals surface area contributed by atoms with Crippen LogP contribution in [0.1, 0.15) is 36.9 Å². The second-order valence-electron chi connectivity index (χ2n) is 6.67. The lowest BCUT2D eigenvalue weighted by Gasteiger charge is -2.17. The van der Waals surface area contributed by atoms with Crippen LogP contribution in [0.15, 0.2) is 54.6 Å². The average molecular weight is 398 g/mol. The normalized spacial score (nSPS) is 12.5. The summed E-state index contributed by atoms with van der Waals surface area (Å²) in [5, 5.41) is 14.7. The molecule has 7 heteroatoms. The van der Waals surface area contributed by atoms with E-state index in [0.29, 0.717) is 11.3 Å². The summed E-state index contributed by atoms with van der Waals surface area (Å²) < 4.78 is 5.22. The molecular weight excluding hydrogens is 372 g/mol. The number of carboxylic acid groups (broad SMARTS) is 1. The number of carboxylic acids is 1. The van der Waals surface area contributed by atoms with Crippen LogP contribution in [0.3, 0.4) is 0 Å². The number of carbonyl (C=O) groups is 3. The van der Waals surface area contributed by atoms with E-state index in [9.17, 15) is 19.5 Å². The molecular formula is C22H26N2O5. The summed E-state index contributed by atoms with van der Waals surface area (Å²) in [6.45, 7) is 1.86. The third kappa shape index (κ3) is 6.95. The number of hydrogen-bond acceptors (Lipinski definition) is 4. The highest BCUT2D eigenvalue weighted by molar-refractivity contribution is 5.87. The van der Waals surface area contributed by atoms with Crippen LogP contribution in [0.4, 0.5) is 0 Å². The van der Waals surface area contributed by atoms with Crippen molar-refractivity contribution >= 4 is 17.8 Å². The summed E-state index contributed by atoms with van der Waals surface area (Å²) in [5.41, 5.74) is 1.64. The van der Waals surface area contributed by atoms with E-state index >= 15 is 0 Å². The zero-order valence-corrected chi connectivity index (χ0v) is 16.6. The summed E-state index contributed by atoms with van der Waals surface area (Å²) >= 11 is 0. The molecule has 2 atom stereocenters. The van der Waals surface area contributed by atoms with E-state index < -0.39 is 17.9 Å². The molecule has 0 aromatic heterocycles. The number of rotatable bonds is 10. The third-order valence-electron chi connectivity index (χ3n) is 4.51. The number of nitrogens with one attached hydrogen (secondary N) is 2. The topological polar surface area (TPSA) is 105 Å². The number of hydrogen-bond donors (Lipinski definition) is 3. The molecule has 0 unspecified atom stereocenters. The van der Waals surface area contributed by atoms with Gasteiger partial charge in [0.05, 0.1) is 13.2 Å². The lowest BCUT2D eigenvalue weighted by Crippen LogP contribution is -2.42. The molecule has 0 heterocycles. The van der Waals surface area contributed by atoms with Crippen LogP contribution in [0, 0.1) is 0 Å². The largest absolute Gasteiger partial charge is 0.496 e. The highest BCUT2D eigenvalue weighted by Crippen LogP contribution is 2.19. The Kier molecular flexibility index (Phi) is 8.21. The van der Waals surface area contributed by atoms with Gasteiger partial charge in [0.2, 0.25) is 11.8 Å². The molecule has 0 aliphatic heterocycles. The summed E-state index contributed by atoms with van der Waals surface area (Å²) in [6, 6.07) is 15.2. The molecule has 0 fully saturated rings.